The van der Waals surface area contributed by atoms with Crippen LogP contribution in [0.5, 0.6) is 0 Å². The topological polar surface area (TPSA) is 32.6 Å². The van der Waals surface area contributed by atoms with Gasteiger partial charge in [0.05, 0.1) is 12.3 Å². The van der Waals surface area contributed by atoms with Crippen LogP contribution >= 0.6 is 11.6 Å². The molecule has 2 aromatic rings. The summed E-state index contributed by atoms with van der Waals surface area (Å²) in [6, 6.07) is 15.0. The van der Waals surface area contributed by atoms with Crippen molar-refractivity contribution in [2.24, 2.45) is 4.99 Å². The molecule has 86 valence electrons. The molecule has 2 aromatic carbocycles. The fourth-order valence-electron chi connectivity index (χ4n) is 1.49. The fourth-order valence-corrected chi connectivity index (χ4v) is 1.67. The first-order valence-corrected chi connectivity index (χ1v) is 5.66. The Labute approximate surface area is 105 Å². The molecule has 0 bridgehead atoms. The maximum Gasteiger partial charge on any atom is 0.0702 e. The van der Waals surface area contributed by atoms with Crippen molar-refractivity contribution in [2.75, 3.05) is 0 Å². The molecule has 0 amide bonds. The van der Waals surface area contributed by atoms with Crippen molar-refractivity contribution in [3.63, 3.8) is 0 Å². The van der Waals surface area contributed by atoms with Gasteiger partial charge in [-0.2, -0.15) is 0 Å². The summed E-state index contributed by atoms with van der Waals surface area (Å²) in [5, 5.41) is 9.83. The third-order valence-electron chi connectivity index (χ3n) is 2.41. The highest BCUT2D eigenvalue weighted by Gasteiger charge is 1.98. The van der Waals surface area contributed by atoms with Gasteiger partial charge in [-0.3, -0.25) is 4.99 Å². The zero-order valence-corrected chi connectivity index (χ0v) is 9.93. The number of hydrogen-bond acceptors (Lipinski definition) is 2. The predicted octanol–water partition coefficient (Wildman–Crippen LogP) is 3.58. The second-order valence-electron chi connectivity index (χ2n) is 3.57. The summed E-state index contributed by atoms with van der Waals surface area (Å²) in [4.78, 5) is 4.34. The van der Waals surface area contributed by atoms with E-state index < -0.39 is 0 Å². The number of hydrogen-bond donors (Lipinski definition) is 1. The lowest BCUT2D eigenvalue weighted by molar-refractivity contribution is 0.282. The lowest BCUT2D eigenvalue weighted by Gasteiger charge is -2.01. The van der Waals surface area contributed by atoms with Crippen LogP contribution in [0.4, 0.5) is 5.69 Å². The van der Waals surface area contributed by atoms with Crippen LogP contribution in [0.15, 0.2) is 53.5 Å². The average Bonchev–Trinajstić information content (AvgIpc) is 2.38. The average molecular weight is 246 g/mol. The van der Waals surface area contributed by atoms with E-state index in [0.717, 1.165) is 16.8 Å². The van der Waals surface area contributed by atoms with Crippen molar-refractivity contribution >= 4 is 23.5 Å². The zero-order valence-electron chi connectivity index (χ0n) is 9.18. The molecule has 0 aromatic heterocycles. The Kier molecular flexibility index (Phi) is 3.91. The maximum atomic E-state index is 9.17. The molecule has 1 N–H and O–H groups in total. The normalized spacial score (nSPS) is 10.9. The van der Waals surface area contributed by atoms with Gasteiger partial charge in [0, 0.05) is 22.4 Å². The molecular formula is C14H12ClNO. The van der Waals surface area contributed by atoms with Gasteiger partial charge < -0.3 is 5.11 Å². The molecule has 2 rings (SSSR count). The lowest BCUT2D eigenvalue weighted by atomic mass is 10.2. The van der Waals surface area contributed by atoms with Crippen molar-refractivity contribution in [1.29, 1.82) is 0 Å². The second-order valence-corrected chi connectivity index (χ2v) is 3.97. The van der Waals surface area contributed by atoms with Crippen LogP contribution in [-0.4, -0.2) is 11.3 Å². The Hall–Kier alpha value is -1.64. The number of para-hydroxylation sites is 1. The van der Waals surface area contributed by atoms with Gasteiger partial charge in [-0.25, -0.2) is 0 Å². The van der Waals surface area contributed by atoms with Crippen LogP contribution in [0.1, 0.15) is 11.1 Å². The minimum atomic E-state index is -0.0178. The first kappa shape index (κ1) is 11.8. The van der Waals surface area contributed by atoms with E-state index in [1.54, 1.807) is 6.21 Å². The summed E-state index contributed by atoms with van der Waals surface area (Å²) in [7, 11) is 0. The standard InChI is InChI=1S/C14H12ClNO/c15-13-7-3-1-5-11(13)9-16-14-8-4-2-6-12(14)10-17/h1-9,17H,10H2. The minimum absolute atomic E-state index is 0.0178. The molecule has 0 saturated heterocycles. The van der Waals surface area contributed by atoms with Crippen LogP contribution in [-0.2, 0) is 6.61 Å². The van der Waals surface area contributed by atoms with E-state index in [1.165, 1.54) is 0 Å². The van der Waals surface area contributed by atoms with E-state index in [1.807, 2.05) is 48.5 Å². The van der Waals surface area contributed by atoms with Gasteiger partial charge in [-0.1, -0.05) is 48.0 Å². The highest BCUT2D eigenvalue weighted by Crippen LogP contribution is 2.19. The van der Waals surface area contributed by atoms with Gasteiger partial charge >= 0.3 is 0 Å². The molecule has 0 saturated carbocycles. The van der Waals surface area contributed by atoms with Gasteiger partial charge in [0.15, 0.2) is 0 Å². The van der Waals surface area contributed by atoms with E-state index in [4.69, 9.17) is 11.6 Å². The Morgan fingerprint density at radius 3 is 2.53 bits per heavy atom. The Bertz CT molecular complexity index is 537. The number of aliphatic hydroxyl groups excluding tert-OH is 1. The first-order valence-electron chi connectivity index (χ1n) is 5.28. The van der Waals surface area contributed by atoms with E-state index in [-0.39, 0.29) is 6.61 Å². The van der Waals surface area contributed by atoms with Crippen molar-refractivity contribution in [3.8, 4) is 0 Å². The molecule has 3 heteroatoms. The monoisotopic (exact) mass is 245 g/mol. The molecular weight excluding hydrogens is 234 g/mol. The zero-order chi connectivity index (χ0) is 12.1. The lowest BCUT2D eigenvalue weighted by Crippen LogP contribution is -1.85. The summed E-state index contributed by atoms with van der Waals surface area (Å²) < 4.78 is 0. The molecule has 0 aliphatic carbocycles. The maximum absolute atomic E-state index is 9.17. The third kappa shape index (κ3) is 2.93. The third-order valence-corrected chi connectivity index (χ3v) is 2.75. The fraction of sp³-hybridized carbons (Fsp3) is 0.0714. The highest BCUT2D eigenvalue weighted by atomic mass is 35.5. The van der Waals surface area contributed by atoms with Crippen LogP contribution in [0, 0.1) is 0 Å². The Morgan fingerprint density at radius 1 is 1.06 bits per heavy atom. The number of benzene rings is 2. The van der Waals surface area contributed by atoms with Gasteiger partial charge in [-0.05, 0) is 12.1 Å². The molecule has 0 aliphatic heterocycles. The summed E-state index contributed by atoms with van der Waals surface area (Å²) in [6.07, 6.45) is 1.71. The van der Waals surface area contributed by atoms with Crippen molar-refractivity contribution in [1.82, 2.24) is 0 Å². The summed E-state index contributed by atoms with van der Waals surface area (Å²) in [5.74, 6) is 0. The molecule has 0 radical (unpaired) electrons. The van der Waals surface area contributed by atoms with Crippen molar-refractivity contribution < 1.29 is 5.11 Å². The summed E-state index contributed by atoms with van der Waals surface area (Å²) >= 11 is 6.02. The molecule has 2 nitrogen and oxygen atoms in total. The molecule has 0 fully saturated rings. The van der Waals surface area contributed by atoms with Crippen LogP contribution in [0.2, 0.25) is 5.02 Å². The Balaban J connectivity index is 2.29. The quantitative estimate of drug-likeness (QED) is 0.824. The van der Waals surface area contributed by atoms with E-state index in [2.05, 4.69) is 4.99 Å². The number of halogens is 1. The van der Waals surface area contributed by atoms with Gasteiger partial charge in [0.1, 0.15) is 0 Å². The van der Waals surface area contributed by atoms with Gasteiger partial charge in [0.2, 0.25) is 0 Å². The predicted molar refractivity (Wildman–Crippen MR) is 71.1 cm³/mol. The van der Waals surface area contributed by atoms with Crippen LogP contribution in [0.25, 0.3) is 0 Å². The minimum Gasteiger partial charge on any atom is -0.392 e. The highest BCUT2D eigenvalue weighted by molar-refractivity contribution is 6.33. The van der Waals surface area contributed by atoms with Crippen LogP contribution < -0.4 is 0 Å². The number of rotatable bonds is 3. The van der Waals surface area contributed by atoms with Crippen LogP contribution in [0.3, 0.4) is 0 Å². The number of aliphatic imine (C=N–C) groups is 1. The smallest absolute Gasteiger partial charge is 0.0702 e. The second kappa shape index (κ2) is 5.62. The summed E-state index contributed by atoms with van der Waals surface area (Å²) in [6.45, 7) is -0.0178. The molecule has 0 spiro atoms. The van der Waals surface area contributed by atoms with Crippen molar-refractivity contribution in [3.05, 3.63) is 64.7 Å². The summed E-state index contributed by atoms with van der Waals surface area (Å²) in [5.41, 5.74) is 2.42. The number of aliphatic hydroxyl groups is 1. The van der Waals surface area contributed by atoms with E-state index in [0.29, 0.717) is 5.02 Å². The van der Waals surface area contributed by atoms with Gasteiger partial charge in [-0.15, -0.1) is 0 Å². The molecule has 0 heterocycles. The van der Waals surface area contributed by atoms with Crippen molar-refractivity contribution in [2.45, 2.75) is 6.61 Å². The SMILES string of the molecule is OCc1ccccc1N=Cc1ccccc1Cl. The van der Waals surface area contributed by atoms with E-state index >= 15 is 0 Å². The number of nitrogens with zero attached hydrogens (tertiary/aromatic N) is 1. The first-order chi connectivity index (χ1) is 8.31. The molecule has 0 aliphatic rings. The van der Waals surface area contributed by atoms with E-state index in [9.17, 15) is 5.11 Å². The Morgan fingerprint density at radius 2 is 1.76 bits per heavy atom. The molecule has 0 unspecified atom stereocenters. The van der Waals surface area contributed by atoms with Gasteiger partial charge in [0.25, 0.3) is 0 Å². The largest absolute Gasteiger partial charge is 0.392 e. The molecule has 17 heavy (non-hydrogen) atoms. The molecule has 0 atom stereocenters.